The number of phenols is 1. The number of likely N-dealkylation sites (tertiary alicyclic amines) is 1. The van der Waals surface area contributed by atoms with Crippen LogP contribution in [0.15, 0.2) is 18.2 Å². The first-order valence-electron chi connectivity index (χ1n) is 5.84. The van der Waals surface area contributed by atoms with Crippen LogP contribution in [0.4, 0.5) is 0 Å². The van der Waals surface area contributed by atoms with Crippen molar-refractivity contribution in [2.75, 3.05) is 13.2 Å². The predicted molar refractivity (Wildman–Crippen MR) is 63.4 cm³/mol. The summed E-state index contributed by atoms with van der Waals surface area (Å²) in [6.45, 7) is 3.87. The molecule has 16 heavy (non-hydrogen) atoms. The number of rotatable bonds is 3. The third-order valence-electron chi connectivity index (χ3n) is 3.40. The van der Waals surface area contributed by atoms with Gasteiger partial charge in [0.1, 0.15) is 5.75 Å². The van der Waals surface area contributed by atoms with E-state index >= 15 is 0 Å². The molecule has 3 heteroatoms. The molecule has 0 spiro atoms. The molecule has 2 N–H and O–H groups in total. The van der Waals surface area contributed by atoms with Crippen molar-refractivity contribution in [3.63, 3.8) is 0 Å². The Balaban J connectivity index is 2.11. The molecule has 2 rings (SSSR count). The van der Waals surface area contributed by atoms with Gasteiger partial charge in [-0.15, -0.1) is 0 Å². The van der Waals surface area contributed by atoms with Crippen molar-refractivity contribution in [2.45, 2.75) is 32.4 Å². The highest BCUT2D eigenvalue weighted by Crippen LogP contribution is 2.26. The lowest BCUT2D eigenvalue weighted by Gasteiger charge is -2.23. The van der Waals surface area contributed by atoms with Crippen LogP contribution in [0.5, 0.6) is 5.75 Å². The van der Waals surface area contributed by atoms with Crippen molar-refractivity contribution in [3.8, 4) is 5.75 Å². The van der Waals surface area contributed by atoms with Crippen LogP contribution in [0, 0.1) is 6.92 Å². The summed E-state index contributed by atoms with van der Waals surface area (Å²) in [4.78, 5) is 2.24. The predicted octanol–water partition coefficient (Wildman–Crippen LogP) is 1.66. The molecule has 88 valence electrons. The highest BCUT2D eigenvalue weighted by Gasteiger charge is 2.24. The van der Waals surface area contributed by atoms with Gasteiger partial charge in [-0.2, -0.15) is 0 Å². The maximum atomic E-state index is 9.93. The Morgan fingerprint density at radius 1 is 1.44 bits per heavy atom. The number of benzene rings is 1. The van der Waals surface area contributed by atoms with Crippen LogP contribution in [0.25, 0.3) is 0 Å². The maximum Gasteiger partial charge on any atom is 0.122 e. The first-order chi connectivity index (χ1) is 7.72. The van der Waals surface area contributed by atoms with E-state index in [0.29, 0.717) is 5.75 Å². The van der Waals surface area contributed by atoms with E-state index in [9.17, 15) is 10.2 Å². The Hall–Kier alpha value is -1.06. The van der Waals surface area contributed by atoms with Crippen LogP contribution < -0.4 is 0 Å². The number of aliphatic hydroxyl groups is 1. The van der Waals surface area contributed by atoms with E-state index in [2.05, 4.69) is 4.90 Å². The van der Waals surface area contributed by atoms with Crippen molar-refractivity contribution < 1.29 is 10.2 Å². The second-order valence-electron chi connectivity index (χ2n) is 4.53. The van der Waals surface area contributed by atoms with Crippen LogP contribution >= 0.6 is 0 Å². The Labute approximate surface area is 96.3 Å². The topological polar surface area (TPSA) is 43.7 Å². The van der Waals surface area contributed by atoms with Crippen LogP contribution in [0.3, 0.4) is 0 Å². The SMILES string of the molecule is Cc1cccc(CN2CCC[C@@H]2CO)c1O. The Morgan fingerprint density at radius 2 is 2.25 bits per heavy atom. The zero-order valence-electron chi connectivity index (χ0n) is 9.69. The molecule has 1 aromatic rings. The van der Waals surface area contributed by atoms with Crippen LogP contribution in [0.1, 0.15) is 24.0 Å². The molecule has 1 aliphatic rings. The molecule has 1 saturated heterocycles. The van der Waals surface area contributed by atoms with E-state index < -0.39 is 0 Å². The van der Waals surface area contributed by atoms with Gasteiger partial charge < -0.3 is 10.2 Å². The maximum absolute atomic E-state index is 9.93. The highest BCUT2D eigenvalue weighted by atomic mass is 16.3. The summed E-state index contributed by atoms with van der Waals surface area (Å²) in [6, 6.07) is 6.09. The molecule has 1 fully saturated rings. The third kappa shape index (κ3) is 2.20. The van der Waals surface area contributed by atoms with Crippen molar-refractivity contribution in [3.05, 3.63) is 29.3 Å². The fourth-order valence-corrected chi connectivity index (χ4v) is 2.38. The molecule has 0 aliphatic carbocycles. The minimum Gasteiger partial charge on any atom is -0.507 e. The molecule has 1 heterocycles. The van der Waals surface area contributed by atoms with Gasteiger partial charge >= 0.3 is 0 Å². The van der Waals surface area contributed by atoms with Gasteiger partial charge in [0.15, 0.2) is 0 Å². The van der Waals surface area contributed by atoms with Crippen molar-refractivity contribution >= 4 is 0 Å². The van der Waals surface area contributed by atoms with E-state index in [0.717, 1.165) is 37.1 Å². The number of nitrogens with zero attached hydrogens (tertiary/aromatic N) is 1. The molecule has 0 saturated carbocycles. The number of aromatic hydroxyl groups is 1. The van der Waals surface area contributed by atoms with Gasteiger partial charge in [-0.3, -0.25) is 4.90 Å². The first kappa shape index (κ1) is 11.4. The van der Waals surface area contributed by atoms with E-state index in [1.54, 1.807) is 0 Å². The quantitative estimate of drug-likeness (QED) is 0.815. The lowest BCUT2D eigenvalue weighted by atomic mass is 10.1. The third-order valence-corrected chi connectivity index (χ3v) is 3.40. The molecule has 1 aromatic carbocycles. The zero-order chi connectivity index (χ0) is 11.5. The summed E-state index contributed by atoms with van der Waals surface area (Å²) in [5.74, 6) is 0.395. The van der Waals surface area contributed by atoms with Crippen LogP contribution in [0.2, 0.25) is 0 Å². The fraction of sp³-hybridized carbons (Fsp3) is 0.538. The number of hydrogen-bond acceptors (Lipinski definition) is 3. The minimum absolute atomic E-state index is 0.215. The molecular weight excluding hydrogens is 202 g/mol. The monoisotopic (exact) mass is 221 g/mol. The summed E-state index contributed by atoms with van der Waals surface area (Å²) >= 11 is 0. The van der Waals surface area contributed by atoms with Gasteiger partial charge in [0.2, 0.25) is 0 Å². The standard InChI is InChI=1S/C13H19NO2/c1-10-4-2-5-11(13(10)16)8-14-7-3-6-12(14)9-15/h2,4-5,12,15-16H,3,6-9H2,1H3/t12-/m1/s1. The Bertz CT molecular complexity index is 365. The van der Waals surface area contributed by atoms with Gasteiger partial charge in [-0.25, -0.2) is 0 Å². The molecule has 0 amide bonds. The second-order valence-corrected chi connectivity index (χ2v) is 4.53. The highest BCUT2D eigenvalue weighted by molar-refractivity contribution is 5.39. The largest absolute Gasteiger partial charge is 0.507 e. The first-order valence-corrected chi connectivity index (χ1v) is 5.84. The van der Waals surface area contributed by atoms with E-state index in [4.69, 9.17) is 0 Å². The van der Waals surface area contributed by atoms with Crippen LogP contribution in [-0.2, 0) is 6.54 Å². The molecule has 0 unspecified atom stereocenters. The Morgan fingerprint density at radius 3 is 3.00 bits per heavy atom. The summed E-state index contributed by atoms with van der Waals surface area (Å²) in [5.41, 5.74) is 1.87. The molecule has 1 aliphatic heterocycles. The van der Waals surface area contributed by atoms with E-state index in [1.165, 1.54) is 0 Å². The molecule has 1 atom stereocenters. The van der Waals surface area contributed by atoms with Crippen molar-refractivity contribution in [1.29, 1.82) is 0 Å². The molecule has 0 bridgehead atoms. The van der Waals surface area contributed by atoms with Gasteiger partial charge in [0, 0.05) is 18.2 Å². The zero-order valence-corrected chi connectivity index (χ0v) is 9.69. The van der Waals surface area contributed by atoms with Crippen molar-refractivity contribution in [1.82, 2.24) is 4.90 Å². The van der Waals surface area contributed by atoms with Crippen LogP contribution in [-0.4, -0.2) is 34.3 Å². The van der Waals surface area contributed by atoms with E-state index in [1.807, 2.05) is 25.1 Å². The minimum atomic E-state index is 0.215. The summed E-state index contributed by atoms with van der Waals surface area (Å²) in [6.07, 6.45) is 2.20. The molecule has 3 nitrogen and oxygen atoms in total. The number of hydrogen-bond donors (Lipinski definition) is 2. The average molecular weight is 221 g/mol. The number of para-hydroxylation sites is 1. The smallest absolute Gasteiger partial charge is 0.122 e. The van der Waals surface area contributed by atoms with Crippen molar-refractivity contribution in [2.24, 2.45) is 0 Å². The summed E-state index contributed by atoms with van der Waals surface area (Å²) < 4.78 is 0. The lowest BCUT2D eigenvalue weighted by molar-refractivity contribution is 0.152. The van der Waals surface area contributed by atoms with Gasteiger partial charge in [-0.05, 0) is 31.9 Å². The normalized spacial score (nSPS) is 21.5. The number of phenolic OH excluding ortho intramolecular Hbond substituents is 1. The summed E-state index contributed by atoms with van der Waals surface area (Å²) in [5, 5.41) is 19.2. The average Bonchev–Trinajstić information content (AvgIpc) is 2.72. The number of aliphatic hydroxyl groups excluding tert-OH is 1. The Kier molecular flexibility index (Phi) is 3.46. The molecular formula is C13H19NO2. The van der Waals surface area contributed by atoms with Gasteiger partial charge in [0.25, 0.3) is 0 Å². The van der Waals surface area contributed by atoms with E-state index in [-0.39, 0.29) is 12.6 Å². The lowest BCUT2D eigenvalue weighted by Crippen LogP contribution is -2.31. The summed E-state index contributed by atoms with van der Waals surface area (Å²) in [7, 11) is 0. The molecule has 0 radical (unpaired) electrons. The second kappa shape index (κ2) is 4.85. The van der Waals surface area contributed by atoms with Gasteiger partial charge in [-0.1, -0.05) is 18.2 Å². The number of aryl methyl sites for hydroxylation is 1. The fourth-order valence-electron chi connectivity index (χ4n) is 2.38. The van der Waals surface area contributed by atoms with Gasteiger partial charge in [0.05, 0.1) is 6.61 Å². The molecule has 0 aromatic heterocycles.